The summed E-state index contributed by atoms with van der Waals surface area (Å²) in [5, 5.41) is 12.1. The Morgan fingerprint density at radius 2 is 2.00 bits per heavy atom. The van der Waals surface area contributed by atoms with Crippen molar-refractivity contribution in [1.82, 2.24) is 10.2 Å². The second kappa shape index (κ2) is 7.65. The quantitative estimate of drug-likeness (QED) is 0.816. The van der Waals surface area contributed by atoms with Gasteiger partial charge in [0.05, 0.1) is 11.7 Å². The molecule has 2 rings (SSSR count). The molecule has 0 spiro atoms. The number of aliphatic hydroxyl groups excluding tert-OH is 1. The number of nitrogens with one attached hydrogen (secondary N) is 1. The standard InChI is InChI=1S/C16H22F2N2O2/c1-11-9-13(15(18)10-14(11)17)16(22)19-5-2-6-20-7-3-12(21)4-8-20/h9-10,12,21H,2-8H2,1H3,(H,19,22). The van der Waals surface area contributed by atoms with Crippen LogP contribution in [0.5, 0.6) is 0 Å². The van der Waals surface area contributed by atoms with E-state index in [-0.39, 0.29) is 17.2 Å². The van der Waals surface area contributed by atoms with Crippen molar-refractivity contribution >= 4 is 5.91 Å². The topological polar surface area (TPSA) is 52.6 Å². The Balaban J connectivity index is 1.75. The van der Waals surface area contributed by atoms with Gasteiger partial charge in [-0.15, -0.1) is 0 Å². The van der Waals surface area contributed by atoms with Gasteiger partial charge in [-0.05, 0) is 44.4 Å². The highest BCUT2D eigenvalue weighted by Crippen LogP contribution is 2.14. The summed E-state index contributed by atoms with van der Waals surface area (Å²) in [4.78, 5) is 14.1. The lowest BCUT2D eigenvalue weighted by Gasteiger charge is -2.29. The number of carbonyl (C=O) groups is 1. The van der Waals surface area contributed by atoms with Gasteiger partial charge < -0.3 is 15.3 Å². The molecule has 6 heteroatoms. The number of halogens is 2. The zero-order chi connectivity index (χ0) is 16.1. The number of benzene rings is 1. The average molecular weight is 312 g/mol. The van der Waals surface area contributed by atoms with Crippen LogP contribution in [0.15, 0.2) is 12.1 Å². The Labute approximate surface area is 129 Å². The van der Waals surface area contributed by atoms with Crippen molar-refractivity contribution < 1.29 is 18.7 Å². The predicted molar refractivity (Wildman–Crippen MR) is 79.7 cm³/mol. The zero-order valence-electron chi connectivity index (χ0n) is 12.7. The van der Waals surface area contributed by atoms with Crippen LogP contribution in [0.3, 0.4) is 0 Å². The number of amides is 1. The Kier molecular flexibility index (Phi) is 5.85. The van der Waals surface area contributed by atoms with Gasteiger partial charge in [0.1, 0.15) is 11.6 Å². The fourth-order valence-corrected chi connectivity index (χ4v) is 2.57. The number of likely N-dealkylation sites (tertiary alicyclic amines) is 1. The minimum Gasteiger partial charge on any atom is -0.393 e. The fourth-order valence-electron chi connectivity index (χ4n) is 2.57. The molecule has 2 N–H and O–H groups in total. The normalized spacial score (nSPS) is 16.7. The van der Waals surface area contributed by atoms with Gasteiger partial charge in [0, 0.05) is 25.7 Å². The van der Waals surface area contributed by atoms with E-state index in [0.29, 0.717) is 6.54 Å². The van der Waals surface area contributed by atoms with Crippen molar-refractivity contribution in [2.75, 3.05) is 26.2 Å². The molecular formula is C16H22F2N2O2. The smallest absolute Gasteiger partial charge is 0.254 e. The number of carbonyl (C=O) groups excluding carboxylic acids is 1. The van der Waals surface area contributed by atoms with Crippen molar-refractivity contribution in [3.8, 4) is 0 Å². The summed E-state index contributed by atoms with van der Waals surface area (Å²) in [5.74, 6) is -2.01. The lowest BCUT2D eigenvalue weighted by Crippen LogP contribution is -2.37. The van der Waals surface area contributed by atoms with Gasteiger partial charge in [-0.2, -0.15) is 0 Å². The second-order valence-electron chi connectivity index (χ2n) is 5.76. The van der Waals surface area contributed by atoms with Gasteiger partial charge >= 0.3 is 0 Å². The highest BCUT2D eigenvalue weighted by molar-refractivity contribution is 5.94. The maximum atomic E-state index is 13.6. The van der Waals surface area contributed by atoms with Gasteiger partial charge in [-0.3, -0.25) is 4.79 Å². The van der Waals surface area contributed by atoms with Crippen molar-refractivity contribution in [2.24, 2.45) is 0 Å². The van der Waals surface area contributed by atoms with E-state index >= 15 is 0 Å². The molecule has 0 saturated carbocycles. The van der Waals surface area contributed by atoms with Gasteiger partial charge in [-0.1, -0.05) is 0 Å². The summed E-state index contributed by atoms with van der Waals surface area (Å²) < 4.78 is 26.8. The van der Waals surface area contributed by atoms with Crippen LogP contribution in [-0.4, -0.2) is 48.2 Å². The Hall–Kier alpha value is -1.53. The molecule has 1 aliphatic heterocycles. The largest absolute Gasteiger partial charge is 0.393 e. The number of aliphatic hydroxyl groups is 1. The third-order valence-corrected chi connectivity index (χ3v) is 3.99. The van der Waals surface area contributed by atoms with Crippen molar-refractivity contribution in [2.45, 2.75) is 32.3 Å². The number of rotatable bonds is 5. The van der Waals surface area contributed by atoms with Gasteiger partial charge in [0.2, 0.25) is 0 Å². The van der Waals surface area contributed by atoms with Crippen LogP contribution in [-0.2, 0) is 0 Å². The maximum Gasteiger partial charge on any atom is 0.254 e. The first-order valence-corrected chi connectivity index (χ1v) is 7.61. The third-order valence-electron chi connectivity index (χ3n) is 3.99. The minimum atomic E-state index is -0.842. The summed E-state index contributed by atoms with van der Waals surface area (Å²) in [6.07, 6.45) is 2.13. The van der Waals surface area contributed by atoms with E-state index < -0.39 is 17.5 Å². The van der Waals surface area contributed by atoms with Crippen LogP contribution in [0, 0.1) is 18.6 Å². The van der Waals surface area contributed by atoms with Crippen LogP contribution >= 0.6 is 0 Å². The Morgan fingerprint density at radius 3 is 2.68 bits per heavy atom. The van der Waals surface area contributed by atoms with Gasteiger partial charge in [-0.25, -0.2) is 8.78 Å². The molecule has 0 bridgehead atoms. The van der Waals surface area contributed by atoms with E-state index in [1.165, 1.54) is 13.0 Å². The SMILES string of the molecule is Cc1cc(C(=O)NCCCN2CCC(O)CC2)c(F)cc1F. The van der Waals surface area contributed by atoms with E-state index in [0.717, 1.165) is 45.0 Å². The van der Waals surface area contributed by atoms with Gasteiger partial charge in [0.25, 0.3) is 5.91 Å². The van der Waals surface area contributed by atoms with E-state index in [1.807, 2.05) is 0 Å². The summed E-state index contributed by atoms with van der Waals surface area (Å²) >= 11 is 0. The summed E-state index contributed by atoms with van der Waals surface area (Å²) in [6.45, 7) is 4.49. The molecule has 1 heterocycles. The molecule has 1 fully saturated rings. The Morgan fingerprint density at radius 1 is 1.32 bits per heavy atom. The maximum absolute atomic E-state index is 13.6. The minimum absolute atomic E-state index is 0.125. The van der Waals surface area contributed by atoms with Crippen LogP contribution in [0.1, 0.15) is 35.2 Å². The van der Waals surface area contributed by atoms with Crippen molar-refractivity contribution in [1.29, 1.82) is 0 Å². The summed E-state index contributed by atoms with van der Waals surface area (Å²) in [6, 6.07) is 1.97. The van der Waals surface area contributed by atoms with Crippen molar-refractivity contribution in [3.63, 3.8) is 0 Å². The highest BCUT2D eigenvalue weighted by atomic mass is 19.1. The average Bonchev–Trinajstić information content (AvgIpc) is 2.49. The van der Waals surface area contributed by atoms with E-state index in [4.69, 9.17) is 0 Å². The third kappa shape index (κ3) is 4.48. The molecule has 1 aromatic carbocycles. The lowest BCUT2D eigenvalue weighted by atomic mass is 10.1. The van der Waals surface area contributed by atoms with Crippen LogP contribution < -0.4 is 5.32 Å². The predicted octanol–water partition coefficient (Wildman–Crippen LogP) is 1.85. The molecule has 0 aliphatic carbocycles. The molecule has 0 atom stereocenters. The number of nitrogens with zero attached hydrogens (tertiary/aromatic N) is 1. The Bertz CT molecular complexity index is 529. The summed E-state index contributed by atoms with van der Waals surface area (Å²) in [5.41, 5.74) is 0.124. The number of hydrogen-bond donors (Lipinski definition) is 2. The van der Waals surface area contributed by atoms with Crippen LogP contribution in [0.4, 0.5) is 8.78 Å². The first-order valence-electron chi connectivity index (χ1n) is 7.61. The first-order chi connectivity index (χ1) is 10.5. The second-order valence-corrected chi connectivity index (χ2v) is 5.76. The molecule has 1 aliphatic rings. The molecule has 22 heavy (non-hydrogen) atoms. The highest BCUT2D eigenvalue weighted by Gasteiger charge is 2.17. The molecule has 0 radical (unpaired) electrons. The molecule has 1 aromatic rings. The lowest BCUT2D eigenvalue weighted by molar-refractivity contribution is 0.0816. The molecule has 1 saturated heterocycles. The number of aryl methyl sites for hydroxylation is 1. The first kappa shape index (κ1) is 16.8. The number of piperidine rings is 1. The fraction of sp³-hybridized carbons (Fsp3) is 0.562. The van der Waals surface area contributed by atoms with Crippen LogP contribution in [0.2, 0.25) is 0 Å². The van der Waals surface area contributed by atoms with Crippen molar-refractivity contribution in [3.05, 3.63) is 34.9 Å². The van der Waals surface area contributed by atoms with Gasteiger partial charge in [0.15, 0.2) is 0 Å². The monoisotopic (exact) mass is 312 g/mol. The summed E-state index contributed by atoms with van der Waals surface area (Å²) in [7, 11) is 0. The molecule has 0 unspecified atom stereocenters. The molecule has 1 amide bonds. The zero-order valence-corrected chi connectivity index (χ0v) is 12.7. The van der Waals surface area contributed by atoms with E-state index in [2.05, 4.69) is 10.2 Å². The molecule has 122 valence electrons. The molecule has 0 aromatic heterocycles. The van der Waals surface area contributed by atoms with E-state index in [1.54, 1.807) is 0 Å². The molecule has 4 nitrogen and oxygen atoms in total. The number of hydrogen-bond acceptors (Lipinski definition) is 3. The van der Waals surface area contributed by atoms with Crippen LogP contribution in [0.25, 0.3) is 0 Å². The molecular weight excluding hydrogens is 290 g/mol. The van der Waals surface area contributed by atoms with E-state index in [9.17, 15) is 18.7 Å².